The highest BCUT2D eigenvalue weighted by Crippen LogP contribution is 2.24. The summed E-state index contributed by atoms with van der Waals surface area (Å²) >= 11 is 0. The average molecular weight is 259 g/mol. The Morgan fingerprint density at radius 1 is 1.37 bits per heavy atom. The highest BCUT2D eigenvalue weighted by Gasteiger charge is 2.19. The minimum Gasteiger partial charge on any atom is -0.439 e. The number of hydrogen-bond acceptors (Lipinski definition) is 4. The molecular formula is C15H21N3O. The molecule has 0 spiro atoms. The summed E-state index contributed by atoms with van der Waals surface area (Å²) in [5.74, 6) is 0.779. The van der Waals surface area contributed by atoms with Crippen molar-refractivity contribution in [2.24, 2.45) is 0 Å². The van der Waals surface area contributed by atoms with Crippen molar-refractivity contribution >= 4 is 16.8 Å². The second-order valence-electron chi connectivity index (χ2n) is 5.47. The topological polar surface area (TPSA) is 55.3 Å². The normalized spacial score (nSPS) is 21.6. The fraction of sp³-hybridized carbons (Fsp3) is 0.533. The van der Waals surface area contributed by atoms with Crippen molar-refractivity contribution < 1.29 is 4.42 Å². The van der Waals surface area contributed by atoms with Crippen LogP contribution in [0.2, 0.25) is 0 Å². The number of likely N-dealkylation sites (tertiary alicyclic amines) is 1. The first-order valence-corrected chi connectivity index (χ1v) is 7.12. The molecule has 19 heavy (non-hydrogen) atoms. The van der Waals surface area contributed by atoms with Crippen LogP contribution in [-0.4, -0.2) is 22.5 Å². The van der Waals surface area contributed by atoms with Gasteiger partial charge in [0.1, 0.15) is 5.52 Å². The number of oxazole rings is 1. The minimum absolute atomic E-state index is 0.606. The lowest BCUT2D eigenvalue weighted by Crippen LogP contribution is -2.32. The summed E-state index contributed by atoms with van der Waals surface area (Å²) in [5, 5.41) is 0. The predicted octanol–water partition coefficient (Wildman–Crippen LogP) is 3.17. The minimum atomic E-state index is 0.606. The molecule has 1 aromatic carbocycles. The van der Waals surface area contributed by atoms with Crippen molar-refractivity contribution in [1.29, 1.82) is 0 Å². The summed E-state index contributed by atoms with van der Waals surface area (Å²) in [6, 6.07) is 6.30. The van der Waals surface area contributed by atoms with Crippen LogP contribution < -0.4 is 5.73 Å². The summed E-state index contributed by atoms with van der Waals surface area (Å²) in [6.45, 7) is 4.22. The van der Waals surface area contributed by atoms with Gasteiger partial charge in [0.05, 0.1) is 12.2 Å². The molecular weight excluding hydrogens is 238 g/mol. The highest BCUT2D eigenvalue weighted by molar-refractivity contribution is 5.85. The van der Waals surface area contributed by atoms with Crippen LogP contribution in [0, 0.1) is 0 Å². The fourth-order valence-corrected chi connectivity index (χ4v) is 2.83. The summed E-state index contributed by atoms with van der Waals surface area (Å²) in [4.78, 5) is 7.00. The van der Waals surface area contributed by atoms with Gasteiger partial charge >= 0.3 is 0 Å². The highest BCUT2D eigenvalue weighted by atomic mass is 16.3. The quantitative estimate of drug-likeness (QED) is 0.842. The van der Waals surface area contributed by atoms with Crippen molar-refractivity contribution in [3.63, 3.8) is 0 Å². The molecule has 4 heteroatoms. The molecule has 1 fully saturated rings. The van der Waals surface area contributed by atoms with Gasteiger partial charge in [0.2, 0.25) is 5.89 Å². The molecule has 102 valence electrons. The van der Waals surface area contributed by atoms with Crippen molar-refractivity contribution in [2.75, 3.05) is 12.3 Å². The predicted molar refractivity (Wildman–Crippen MR) is 76.8 cm³/mol. The molecule has 4 nitrogen and oxygen atoms in total. The zero-order valence-corrected chi connectivity index (χ0v) is 11.4. The number of nitrogens with zero attached hydrogens (tertiary/aromatic N) is 2. The Balaban J connectivity index is 1.82. The van der Waals surface area contributed by atoms with E-state index in [9.17, 15) is 0 Å². The number of benzene rings is 1. The Bertz CT molecular complexity index is 564. The molecule has 1 aromatic heterocycles. The van der Waals surface area contributed by atoms with Crippen LogP contribution in [0.5, 0.6) is 0 Å². The molecule has 0 radical (unpaired) electrons. The lowest BCUT2D eigenvalue weighted by Gasteiger charge is -2.25. The van der Waals surface area contributed by atoms with Crippen molar-refractivity contribution in [3.05, 3.63) is 24.1 Å². The van der Waals surface area contributed by atoms with E-state index >= 15 is 0 Å². The molecule has 0 bridgehead atoms. The molecule has 1 atom stereocenters. The van der Waals surface area contributed by atoms with Gasteiger partial charge in [-0.3, -0.25) is 4.90 Å². The number of nitrogens with two attached hydrogens (primary N) is 1. The number of anilines is 1. The van der Waals surface area contributed by atoms with Gasteiger partial charge in [-0.2, -0.15) is 0 Å². The zero-order valence-electron chi connectivity index (χ0n) is 11.4. The summed E-state index contributed by atoms with van der Waals surface area (Å²) in [6.07, 6.45) is 5.20. The fourth-order valence-electron chi connectivity index (χ4n) is 2.83. The van der Waals surface area contributed by atoms with Crippen LogP contribution in [0.15, 0.2) is 22.6 Å². The van der Waals surface area contributed by atoms with Crippen LogP contribution in [0.3, 0.4) is 0 Å². The largest absolute Gasteiger partial charge is 0.439 e. The monoisotopic (exact) mass is 259 g/mol. The third-order valence-electron chi connectivity index (χ3n) is 4.02. The Labute approximate surface area is 113 Å². The van der Waals surface area contributed by atoms with Crippen LogP contribution in [0.4, 0.5) is 5.69 Å². The molecule has 0 aliphatic carbocycles. The first kappa shape index (κ1) is 12.5. The smallest absolute Gasteiger partial charge is 0.209 e. The average Bonchev–Trinajstić information content (AvgIpc) is 2.70. The summed E-state index contributed by atoms with van der Waals surface area (Å²) in [7, 11) is 0. The second kappa shape index (κ2) is 5.21. The van der Waals surface area contributed by atoms with Crippen LogP contribution in [0.1, 0.15) is 38.5 Å². The second-order valence-corrected chi connectivity index (χ2v) is 5.47. The van der Waals surface area contributed by atoms with Crippen LogP contribution in [0.25, 0.3) is 11.1 Å². The van der Waals surface area contributed by atoms with E-state index in [4.69, 9.17) is 10.2 Å². The van der Waals surface area contributed by atoms with Crippen molar-refractivity contribution in [1.82, 2.24) is 9.88 Å². The number of rotatable bonds is 2. The van der Waals surface area contributed by atoms with E-state index in [1.807, 2.05) is 18.2 Å². The summed E-state index contributed by atoms with van der Waals surface area (Å²) in [5.41, 5.74) is 8.19. The van der Waals surface area contributed by atoms with Gasteiger partial charge in [0.15, 0.2) is 5.58 Å². The first-order chi connectivity index (χ1) is 9.24. The van der Waals surface area contributed by atoms with Gasteiger partial charge < -0.3 is 10.2 Å². The molecule has 3 rings (SSSR count). The lowest BCUT2D eigenvalue weighted by atomic mass is 10.1. The van der Waals surface area contributed by atoms with Gasteiger partial charge in [0.25, 0.3) is 0 Å². The molecule has 0 amide bonds. The van der Waals surface area contributed by atoms with Gasteiger partial charge in [-0.15, -0.1) is 0 Å². The Morgan fingerprint density at radius 3 is 3.11 bits per heavy atom. The Hall–Kier alpha value is -1.55. The SMILES string of the molecule is CC1CCCCCN1Cc1nc2c(N)cccc2o1. The van der Waals surface area contributed by atoms with E-state index in [2.05, 4.69) is 16.8 Å². The maximum atomic E-state index is 5.92. The number of fused-ring (bicyclic) bond motifs is 1. The molecule has 2 N–H and O–H groups in total. The van der Waals surface area contributed by atoms with E-state index in [1.165, 1.54) is 25.7 Å². The molecule has 1 unspecified atom stereocenters. The molecule has 1 aliphatic heterocycles. The Kier molecular flexibility index (Phi) is 3.42. The van der Waals surface area contributed by atoms with E-state index in [-0.39, 0.29) is 0 Å². The maximum absolute atomic E-state index is 5.92. The molecule has 2 heterocycles. The van der Waals surface area contributed by atoms with Gasteiger partial charge in [-0.1, -0.05) is 18.9 Å². The number of hydrogen-bond donors (Lipinski definition) is 1. The van der Waals surface area contributed by atoms with E-state index in [0.717, 1.165) is 30.1 Å². The maximum Gasteiger partial charge on any atom is 0.209 e. The third-order valence-corrected chi connectivity index (χ3v) is 4.02. The zero-order chi connectivity index (χ0) is 13.2. The van der Waals surface area contributed by atoms with Crippen molar-refractivity contribution in [3.8, 4) is 0 Å². The van der Waals surface area contributed by atoms with Crippen molar-refractivity contribution in [2.45, 2.75) is 45.2 Å². The number of aromatic nitrogens is 1. The molecule has 1 aliphatic rings. The molecule has 1 saturated heterocycles. The molecule has 0 saturated carbocycles. The standard InChI is InChI=1S/C15H21N3O/c1-11-6-3-2-4-9-18(11)10-14-17-15-12(16)7-5-8-13(15)19-14/h5,7-8,11H,2-4,6,9-10,16H2,1H3. The van der Waals surface area contributed by atoms with E-state index < -0.39 is 0 Å². The third kappa shape index (κ3) is 2.59. The first-order valence-electron chi connectivity index (χ1n) is 7.12. The van der Waals surface area contributed by atoms with E-state index in [1.54, 1.807) is 0 Å². The summed E-state index contributed by atoms with van der Waals surface area (Å²) < 4.78 is 5.81. The van der Waals surface area contributed by atoms with Gasteiger partial charge in [-0.05, 0) is 38.4 Å². The van der Waals surface area contributed by atoms with Crippen LogP contribution >= 0.6 is 0 Å². The van der Waals surface area contributed by atoms with Gasteiger partial charge in [-0.25, -0.2) is 4.98 Å². The lowest BCUT2D eigenvalue weighted by molar-refractivity contribution is 0.187. The number of nitrogen functional groups attached to an aromatic ring is 1. The number of para-hydroxylation sites is 1. The van der Waals surface area contributed by atoms with E-state index in [0.29, 0.717) is 11.7 Å². The molecule has 2 aromatic rings. The van der Waals surface area contributed by atoms with Crippen LogP contribution in [-0.2, 0) is 6.54 Å². The Morgan fingerprint density at radius 2 is 2.26 bits per heavy atom. The van der Waals surface area contributed by atoms with Gasteiger partial charge in [0, 0.05) is 6.04 Å².